The normalized spacial score (nSPS) is 19.9. The molecule has 0 aromatic heterocycles. The van der Waals surface area contributed by atoms with Gasteiger partial charge in [-0.15, -0.1) is 0 Å². The largest absolute Gasteiger partial charge is 0.352 e. The molecule has 1 aromatic rings. The Balaban J connectivity index is 1.73. The Kier molecular flexibility index (Phi) is 4.06. The number of nitrogens with one attached hydrogen (secondary N) is 1. The maximum atomic E-state index is 11.9. The molecule has 3 rings (SSSR count). The number of benzene rings is 1. The third-order valence-corrected chi connectivity index (χ3v) is 4.73. The summed E-state index contributed by atoms with van der Waals surface area (Å²) in [5.41, 5.74) is 3.61. The highest BCUT2D eigenvalue weighted by Crippen LogP contribution is 2.27. The maximum absolute atomic E-state index is 11.9. The average molecular weight is 272 g/mol. The number of rotatable bonds is 3. The lowest BCUT2D eigenvalue weighted by Crippen LogP contribution is -2.41. The summed E-state index contributed by atoms with van der Waals surface area (Å²) in [4.78, 5) is 14.6. The fourth-order valence-electron chi connectivity index (χ4n) is 3.26. The van der Waals surface area contributed by atoms with Gasteiger partial charge in [-0.1, -0.05) is 12.5 Å². The van der Waals surface area contributed by atoms with E-state index in [1.165, 1.54) is 36.9 Å². The number of fused-ring (bicyclic) bond motifs is 1. The number of hydrogen-bond donors (Lipinski definition) is 1. The summed E-state index contributed by atoms with van der Waals surface area (Å²) < 4.78 is 0. The first-order chi connectivity index (χ1) is 9.78. The lowest BCUT2D eigenvalue weighted by molar-refractivity contribution is 0.0955. The molecule has 3 nitrogen and oxygen atoms in total. The van der Waals surface area contributed by atoms with Crippen LogP contribution in [0.5, 0.6) is 0 Å². The lowest BCUT2D eigenvalue weighted by Gasteiger charge is -2.36. The van der Waals surface area contributed by atoms with E-state index in [1.54, 1.807) is 0 Å². The topological polar surface area (TPSA) is 32.3 Å². The van der Waals surface area contributed by atoms with Gasteiger partial charge >= 0.3 is 0 Å². The van der Waals surface area contributed by atoms with Crippen LogP contribution in [-0.4, -0.2) is 36.5 Å². The van der Waals surface area contributed by atoms with Crippen LogP contribution in [0.3, 0.4) is 0 Å². The Morgan fingerprint density at radius 1 is 1.25 bits per heavy atom. The zero-order chi connectivity index (χ0) is 13.9. The van der Waals surface area contributed by atoms with E-state index in [-0.39, 0.29) is 5.91 Å². The highest BCUT2D eigenvalue weighted by molar-refractivity contribution is 5.94. The molecule has 1 amide bonds. The van der Waals surface area contributed by atoms with Crippen molar-refractivity contribution in [1.29, 1.82) is 0 Å². The first-order valence-electron chi connectivity index (χ1n) is 7.92. The Hall–Kier alpha value is -1.35. The van der Waals surface area contributed by atoms with Crippen molar-refractivity contribution in [3.63, 3.8) is 0 Å². The molecule has 1 aromatic carbocycles. The van der Waals surface area contributed by atoms with Gasteiger partial charge in [-0.3, -0.25) is 9.69 Å². The summed E-state index contributed by atoms with van der Waals surface area (Å²) in [6.07, 6.45) is 6.36. The third kappa shape index (κ3) is 2.73. The van der Waals surface area contributed by atoms with Gasteiger partial charge in [-0.05, 0) is 55.9 Å². The molecule has 1 saturated carbocycles. The van der Waals surface area contributed by atoms with Gasteiger partial charge in [0.1, 0.15) is 0 Å². The first kappa shape index (κ1) is 13.6. The summed E-state index contributed by atoms with van der Waals surface area (Å²) in [7, 11) is 0. The zero-order valence-corrected chi connectivity index (χ0v) is 12.3. The van der Waals surface area contributed by atoms with Gasteiger partial charge in [0.2, 0.25) is 0 Å². The van der Waals surface area contributed by atoms with E-state index in [0.29, 0.717) is 6.54 Å². The molecule has 1 N–H and O–H groups in total. The van der Waals surface area contributed by atoms with Crippen LogP contribution in [0.15, 0.2) is 18.2 Å². The molecular formula is C17H24N2O. The van der Waals surface area contributed by atoms with Crippen LogP contribution in [0.4, 0.5) is 0 Å². The molecule has 1 heterocycles. The van der Waals surface area contributed by atoms with Crippen molar-refractivity contribution in [2.75, 3.05) is 19.6 Å². The second-order valence-electron chi connectivity index (χ2n) is 5.96. The minimum Gasteiger partial charge on any atom is -0.352 e. The number of amides is 1. The molecule has 0 unspecified atom stereocenters. The molecule has 3 heteroatoms. The summed E-state index contributed by atoms with van der Waals surface area (Å²) in [6.45, 7) is 4.97. The van der Waals surface area contributed by atoms with E-state index in [2.05, 4.69) is 22.3 Å². The molecular weight excluding hydrogens is 248 g/mol. The van der Waals surface area contributed by atoms with Crippen molar-refractivity contribution < 1.29 is 4.79 Å². The Morgan fingerprint density at radius 3 is 2.65 bits per heavy atom. The zero-order valence-electron chi connectivity index (χ0n) is 12.3. The second kappa shape index (κ2) is 5.96. The first-order valence-corrected chi connectivity index (χ1v) is 7.92. The van der Waals surface area contributed by atoms with Crippen LogP contribution in [0.1, 0.15) is 47.7 Å². The SMILES string of the molecule is CCNC(=O)c1ccc2c(c1)CCN(C1CCC1)CC2. The van der Waals surface area contributed by atoms with Crippen molar-refractivity contribution in [2.24, 2.45) is 0 Å². The van der Waals surface area contributed by atoms with Crippen molar-refractivity contribution in [3.8, 4) is 0 Å². The smallest absolute Gasteiger partial charge is 0.251 e. The van der Waals surface area contributed by atoms with Gasteiger partial charge in [0.25, 0.3) is 5.91 Å². The number of nitrogens with zero attached hydrogens (tertiary/aromatic N) is 1. The standard InChI is InChI=1S/C17H24N2O/c1-2-18-17(20)15-7-6-13-8-10-19(16-4-3-5-16)11-9-14(13)12-15/h6-7,12,16H,2-5,8-11H2,1H3,(H,18,20). The highest BCUT2D eigenvalue weighted by Gasteiger charge is 2.26. The van der Waals surface area contributed by atoms with E-state index in [9.17, 15) is 4.79 Å². The van der Waals surface area contributed by atoms with Crippen molar-refractivity contribution in [3.05, 3.63) is 34.9 Å². The van der Waals surface area contributed by atoms with Gasteiger partial charge in [-0.2, -0.15) is 0 Å². The molecule has 1 aliphatic carbocycles. The summed E-state index contributed by atoms with van der Waals surface area (Å²) >= 11 is 0. The molecule has 1 fully saturated rings. The summed E-state index contributed by atoms with van der Waals surface area (Å²) in [6, 6.07) is 7.06. The molecule has 0 spiro atoms. The predicted octanol–water partition coefficient (Wildman–Crippen LogP) is 2.39. The Labute approximate surface area is 121 Å². The minimum absolute atomic E-state index is 0.0513. The van der Waals surface area contributed by atoms with Crippen molar-refractivity contribution >= 4 is 5.91 Å². The molecule has 0 bridgehead atoms. The number of carbonyl (C=O) groups excluding carboxylic acids is 1. The lowest BCUT2D eigenvalue weighted by atomic mass is 9.91. The van der Waals surface area contributed by atoms with Crippen molar-refractivity contribution in [2.45, 2.75) is 45.1 Å². The van der Waals surface area contributed by atoms with E-state index >= 15 is 0 Å². The van der Waals surface area contributed by atoms with Crippen LogP contribution in [-0.2, 0) is 12.8 Å². The maximum Gasteiger partial charge on any atom is 0.251 e. The quantitative estimate of drug-likeness (QED) is 0.916. The molecule has 1 aliphatic heterocycles. The summed E-state index contributed by atoms with van der Waals surface area (Å²) in [5.74, 6) is 0.0513. The predicted molar refractivity (Wildman–Crippen MR) is 81.1 cm³/mol. The second-order valence-corrected chi connectivity index (χ2v) is 5.96. The van der Waals surface area contributed by atoms with Crippen LogP contribution >= 0.6 is 0 Å². The fourth-order valence-corrected chi connectivity index (χ4v) is 3.26. The Bertz CT molecular complexity index is 494. The van der Waals surface area contributed by atoms with Gasteiger partial charge < -0.3 is 5.32 Å². The molecule has 0 saturated heterocycles. The highest BCUT2D eigenvalue weighted by atomic mass is 16.1. The number of carbonyl (C=O) groups is 1. The van der Waals surface area contributed by atoms with E-state index in [0.717, 1.165) is 31.0 Å². The van der Waals surface area contributed by atoms with Crippen LogP contribution < -0.4 is 5.32 Å². The van der Waals surface area contributed by atoms with Gasteiger partial charge in [0.05, 0.1) is 0 Å². The molecule has 2 aliphatic rings. The molecule has 108 valence electrons. The number of hydrogen-bond acceptors (Lipinski definition) is 2. The molecule has 20 heavy (non-hydrogen) atoms. The summed E-state index contributed by atoms with van der Waals surface area (Å²) in [5, 5.41) is 2.88. The fraction of sp³-hybridized carbons (Fsp3) is 0.588. The molecule has 0 atom stereocenters. The van der Waals surface area contributed by atoms with Crippen molar-refractivity contribution in [1.82, 2.24) is 10.2 Å². The minimum atomic E-state index is 0.0513. The van der Waals surface area contributed by atoms with Crippen LogP contribution in [0.25, 0.3) is 0 Å². The Morgan fingerprint density at radius 2 is 2.00 bits per heavy atom. The van der Waals surface area contributed by atoms with E-state index < -0.39 is 0 Å². The van der Waals surface area contributed by atoms with Crippen LogP contribution in [0.2, 0.25) is 0 Å². The van der Waals surface area contributed by atoms with Crippen LogP contribution in [0, 0.1) is 0 Å². The van der Waals surface area contributed by atoms with E-state index in [4.69, 9.17) is 0 Å². The van der Waals surface area contributed by atoms with Gasteiger partial charge in [-0.25, -0.2) is 0 Å². The monoisotopic (exact) mass is 272 g/mol. The third-order valence-electron chi connectivity index (χ3n) is 4.73. The van der Waals surface area contributed by atoms with E-state index in [1.807, 2.05) is 13.0 Å². The van der Waals surface area contributed by atoms with Gasteiger partial charge in [0, 0.05) is 31.2 Å². The molecule has 0 radical (unpaired) electrons. The average Bonchev–Trinajstić information content (AvgIpc) is 2.60. The van der Waals surface area contributed by atoms with Gasteiger partial charge in [0.15, 0.2) is 0 Å².